The number of aliphatic carboxylic acids is 1. The Hall–Kier alpha value is -2.75. The smallest absolute Gasteiger partial charge is 0.320 e. The van der Waals surface area contributed by atoms with Crippen molar-refractivity contribution in [3.8, 4) is 5.75 Å². The molecule has 4 N–H and O–H groups in total. The summed E-state index contributed by atoms with van der Waals surface area (Å²) in [5.41, 5.74) is 3.11. The number of carboxylic acids is 1. The number of aromatic hydroxyl groups is 1. The highest BCUT2D eigenvalue weighted by Crippen LogP contribution is 2.36. The Morgan fingerprint density at radius 1 is 1.32 bits per heavy atom. The molecule has 0 unspecified atom stereocenters. The second-order valence-electron chi connectivity index (χ2n) is 3.59. The Morgan fingerprint density at radius 2 is 1.89 bits per heavy atom. The van der Waals surface area contributed by atoms with E-state index in [2.05, 4.69) is 0 Å². The molecule has 0 heterocycles. The molecule has 0 aliphatic carbocycles. The zero-order valence-electron chi connectivity index (χ0n) is 9.35. The number of benzene rings is 1. The number of nitrogens with two attached hydrogens (primary N) is 1. The van der Waals surface area contributed by atoms with E-state index < -0.39 is 51.0 Å². The molecule has 1 aromatic carbocycles. The molecule has 0 aliphatic heterocycles. The summed E-state index contributed by atoms with van der Waals surface area (Å²) in [7, 11) is 0. The van der Waals surface area contributed by atoms with E-state index in [1.165, 1.54) is 0 Å². The average molecular weight is 271 g/mol. The maximum absolute atomic E-state index is 10.8. The van der Waals surface area contributed by atoms with Gasteiger partial charge in [-0.2, -0.15) is 0 Å². The average Bonchev–Trinajstić information content (AvgIpc) is 2.27. The van der Waals surface area contributed by atoms with Gasteiger partial charge in [0.1, 0.15) is 11.6 Å². The van der Waals surface area contributed by atoms with E-state index in [4.69, 9.17) is 10.8 Å². The Bertz CT molecular complexity index is 557. The SMILES string of the molecule is N[C@H](Cc1c([N+](=O)[O-])ccc(O)c1[N+](=O)[O-])C(=O)O. The van der Waals surface area contributed by atoms with Gasteiger partial charge in [-0.3, -0.25) is 25.0 Å². The van der Waals surface area contributed by atoms with Crippen molar-refractivity contribution < 1.29 is 24.9 Å². The summed E-state index contributed by atoms with van der Waals surface area (Å²) < 4.78 is 0. The number of hydrogen-bond acceptors (Lipinski definition) is 7. The number of rotatable bonds is 5. The van der Waals surface area contributed by atoms with Crippen molar-refractivity contribution in [1.29, 1.82) is 0 Å². The van der Waals surface area contributed by atoms with Crippen LogP contribution >= 0.6 is 0 Å². The Kier molecular flexibility index (Phi) is 3.97. The highest BCUT2D eigenvalue weighted by atomic mass is 16.6. The Labute approximate surface area is 105 Å². The number of nitro benzene ring substituents is 2. The molecule has 0 bridgehead atoms. The second-order valence-corrected chi connectivity index (χ2v) is 3.59. The monoisotopic (exact) mass is 271 g/mol. The molecule has 0 spiro atoms. The molecule has 19 heavy (non-hydrogen) atoms. The maximum atomic E-state index is 10.8. The molecule has 10 nitrogen and oxygen atoms in total. The summed E-state index contributed by atoms with van der Waals surface area (Å²) in [5.74, 6) is -2.25. The molecule has 0 aromatic heterocycles. The number of phenols is 1. The molecule has 1 atom stereocenters. The van der Waals surface area contributed by atoms with E-state index in [9.17, 15) is 30.1 Å². The van der Waals surface area contributed by atoms with E-state index in [1.807, 2.05) is 0 Å². The zero-order valence-corrected chi connectivity index (χ0v) is 9.35. The first-order valence-corrected chi connectivity index (χ1v) is 4.87. The molecule has 1 rings (SSSR count). The third kappa shape index (κ3) is 2.93. The van der Waals surface area contributed by atoms with Crippen LogP contribution in [0.5, 0.6) is 5.75 Å². The highest BCUT2D eigenvalue weighted by Gasteiger charge is 2.31. The summed E-state index contributed by atoms with van der Waals surface area (Å²) in [5, 5.41) is 39.6. The molecule has 102 valence electrons. The number of phenolic OH excluding ortho intramolecular Hbond substituents is 1. The Morgan fingerprint density at radius 3 is 2.32 bits per heavy atom. The third-order valence-electron chi connectivity index (χ3n) is 2.36. The molecule has 0 saturated heterocycles. The van der Waals surface area contributed by atoms with Crippen molar-refractivity contribution in [2.75, 3.05) is 0 Å². The first-order valence-electron chi connectivity index (χ1n) is 4.87. The van der Waals surface area contributed by atoms with Crippen molar-refractivity contribution in [3.63, 3.8) is 0 Å². The van der Waals surface area contributed by atoms with E-state index >= 15 is 0 Å². The van der Waals surface area contributed by atoms with Crippen molar-refractivity contribution in [3.05, 3.63) is 37.9 Å². The van der Waals surface area contributed by atoms with Crippen LogP contribution in [-0.2, 0) is 11.2 Å². The van der Waals surface area contributed by atoms with Crippen LogP contribution in [0, 0.1) is 20.2 Å². The van der Waals surface area contributed by atoms with Crippen LogP contribution in [-0.4, -0.2) is 32.1 Å². The van der Waals surface area contributed by atoms with Crippen molar-refractivity contribution in [2.45, 2.75) is 12.5 Å². The minimum absolute atomic E-state index is 0.523. The summed E-state index contributed by atoms with van der Waals surface area (Å²) in [4.78, 5) is 30.3. The summed E-state index contributed by atoms with van der Waals surface area (Å²) in [6.07, 6.45) is -0.643. The first kappa shape index (κ1) is 14.3. The fraction of sp³-hybridized carbons (Fsp3) is 0.222. The first-order chi connectivity index (χ1) is 8.75. The Balaban J connectivity index is 3.46. The molecular weight excluding hydrogens is 262 g/mol. The topological polar surface area (TPSA) is 170 Å². The lowest BCUT2D eigenvalue weighted by molar-refractivity contribution is -0.396. The fourth-order valence-corrected chi connectivity index (χ4v) is 1.50. The third-order valence-corrected chi connectivity index (χ3v) is 2.36. The van der Waals surface area contributed by atoms with Gasteiger partial charge in [0.2, 0.25) is 0 Å². The van der Waals surface area contributed by atoms with Gasteiger partial charge in [0.15, 0.2) is 5.75 Å². The lowest BCUT2D eigenvalue weighted by atomic mass is 10.0. The number of nitrogens with zero attached hydrogens (tertiary/aromatic N) is 2. The molecule has 0 amide bonds. The van der Waals surface area contributed by atoms with E-state index in [0.717, 1.165) is 12.1 Å². The van der Waals surface area contributed by atoms with E-state index in [0.29, 0.717) is 0 Å². The van der Waals surface area contributed by atoms with Crippen LogP contribution in [0.2, 0.25) is 0 Å². The van der Waals surface area contributed by atoms with Crippen LogP contribution in [0.15, 0.2) is 12.1 Å². The normalized spacial score (nSPS) is 11.8. The molecule has 0 saturated carbocycles. The molecule has 0 aliphatic rings. The quantitative estimate of drug-likeness (QED) is 0.502. The van der Waals surface area contributed by atoms with Gasteiger partial charge in [0.05, 0.1) is 9.85 Å². The molecule has 0 radical (unpaired) electrons. The van der Waals surface area contributed by atoms with Crippen LogP contribution in [0.1, 0.15) is 5.56 Å². The number of hydrogen-bond donors (Lipinski definition) is 3. The van der Waals surface area contributed by atoms with Crippen LogP contribution in [0.3, 0.4) is 0 Å². The fourth-order valence-electron chi connectivity index (χ4n) is 1.50. The van der Waals surface area contributed by atoms with Gasteiger partial charge < -0.3 is 15.9 Å². The molecule has 0 fully saturated rings. The summed E-state index contributed by atoms with van der Waals surface area (Å²) in [6.45, 7) is 0. The van der Waals surface area contributed by atoms with Crippen molar-refractivity contribution in [2.24, 2.45) is 5.73 Å². The minimum atomic E-state index is -1.56. The number of carbonyl (C=O) groups is 1. The number of carboxylic acid groups (broad SMARTS) is 1. The number of nitro groups is 2. The lowest BCUT2D eigenvalue weighted by Gasteiger charge is -2.08. The minimum Gasteiger partial charge on any atom is -0.502 e. The van der Waals surface area contributed by atoms with Crippen LogP contribution < -0.4 is 5.73 Å². The lowest BCUT2D eigenvalue weighted by Crippen LogP contribution is -2.32. The van der Waals surface area contributed by atoms with Crippen molar-refractivity contribution in [1.82, 2.24) is 0 Å². The van der Waals surface area contributed by atoms with Gasteiger partial charge in [-0.15, -0.1) is 0 Å². The van der Waals surface area contributed by atoms with Gasteiger partial charge in [0.25, 0.3) is 5.69 Å². The van der Waals surface area contributed by atoms with Gasteiger partial charge in [-0.25, -0.2) is 0 Å². The van der Waals surface area contributed by atoms with E-state index in [1.54, 1.807) is 0 Å². The van der Waals surface area contributed by atoms with Gasteiger partial charge in [-0.1, -0.05) is 0 Å². The van der Waals surface area contributed by atoms with Gasteiger partial charge in [-0.05, 0) is 6.07 Å². The predicted octanol–water partition coefficient (Wildman–Crippen LogP) is 0.163. The maximum Gasteiger partial charge on any atom is 0.320 e. The molecule has 1 aromatic rings. The van der Waals surface area contributed by atoms with Crippen molar-refractivity contribution >= 4 is 17.3 Å². The summed E-state index contributed by atoms with van der Waals surface area (Å²) >= 11 is 0. The highest BCUT2D eigenvalue weighted by molar-refractivity contribution is 5.75. The van der Waals surface area contributed by atoms with E-state index in [-0.39, 0.29) is 0 Å². The van der Waals surface area contributed by atoms with Crippen LogP contribution in [0.25, 0.3) is 0 Å². The molecule has 10 heteroatoms. The molecular formula is C9H9N3O7. The predicted molar refractivity (Wildman–Crippen MR) is 60.7 cm³/mol. The second kappa shape index (κ2) is 5.27. The zero-order chi connectivity index (χ0) is 14.7. The standard InChI is InChI=1S/C9H9N3O7/c10-5(9(14)15)3-4-6(11(16)17)1-2-7(13)8(4)12(18)19/h1-2,5,13H,3,10H2,(H,14,15)/t5-/m1/s1. The largest absolute Gasteiger partial charge is 0.502 e. The van der Waals surface area contributed by atoms with Gasteiger partial charge >= 0.3 is 11.7 Å². The van der Waals surface area contributed by atoms with Gasteiger partial charge in [0, 0.05) is 12.5 Å². The van der Waals surface area contributed by atoms with Crippen LogP contribution in [0.4, 0.5) is 11.4 Å². The summed E-state index contributed by atoms with van der Waals surface area (Å²) in [6, 6.07) is 0.0948.